The number of urea groups is 1. The van der Waals surface area contributed by atoms with Crippen molar-refractivity contribution >= 4 is 52.7 Å². The molecule has 2 aromatic carbocycles. The van der Waals surface area contributed by atoms with Gasteiger partial charge in [0, 0.05) is 47.1 Å². The van der Waals surface area contributed by atoms with Crippen molar-refractivity contribution < 1.29 is 4.79 Å². The van der Waals surface area contributed by atoms with Crippen LogP contribution in [0.1, 0.15) is 18.4 Å². The zero-order chi connectivity index (χ0) is 20.4. The lowest BCUT2D eigenvalue weighted by Gasteiger charge is -2.37. The van der Waals surface area contributed by atoms with E-state index in [2.05, 4.69) is 28.0 Å². The lowest BCUT2D eigenvalue weighted by molar-refractivity contribution is 0.223. The molecule has 1 aromatic heterocycles. The van der Waals surface area contributed by atoms with Crippen LogP contribution in [0.4, 0.5) is 16.2 Å². The number of aromatic nitrogens is 1. The van der Waals surface area contributed by atoms with E-state index in [4.69, 9.17) is 11.6 Å². The average molecular weight is 427 g/mol. The first-order valence-corrected chi connectivity index (χ1v) is 10.4. The second-order valence-corrected chi connectivity index (χ2v) is 8.17. The number of halogens is 1. The minimum Gasteiger partial charge on any atom is -0.371 e. The molecule has 0 bridgehead atoms. The summed E-state index contributed by atoms with van der Waals surface area (Å²) in [6, 6.07) is 15.4. The van der Waals surface area contributed by atoms with Gasteiger partial charge >= 0.3 is 6.03 Å². The summed E-state index contributed by atoms with van der Waals surface area (Å²) in [4.78, 5) is 19.4. The maximum absolute atomic E-state index is 12.6. The first kappa shape index (κ1) is 19.9. The van der Waals surface area contributed by atoms with Crippen LogP contribution in [-0.4, -0.2) is 34.5 Å². The summed E-state index contributed by atoms with van der Waals surface area (Å²) in [7, 11) is 0. The number of carbonyl (C=O) groups excluding carboxylic acids is 1. The van der Waals surface area contributed by atoms with Crippen molar-refractivity contribution in [2.24, 2.45) is 0 Å². The number of carbonyl (C=O) groups is 1. The Kier molecular flexibility index (Phi) is 5.83. The largest absolute Gasteiger partial charge is 0.371 e. The number of anilines is 2. The molecule has 2 amide bonds. The number of nitrogens with zero attached hydrogens (tertiary/aromatic N) is 3. The normalized spacial score (nSPS) is 14.8. The molecule has 150 valence electrons. The van der Waals surface area contributed by atoms with Gasteiger partial charge in [-0.2, -0.15) is 0 Å². The summed E-state index contributed by atoms with van der Waals surface area (Å²) in [6.45, 7) is 3.65. The fourth-order valence-electron chi connectivity index (χ4n) is 3.78. The zero-order valence-electron chi connectivity index (χ0n) is 16.2. The number of piperidine rings is 1. The predicted octanol–water partition coefficient (Wildman–Crippen LogP) is 5.54. The number of amides is 2. The fourth-order valence-corrected chi connectivity index (χ4v) is 4.24. The van der Waals surface area contributed by atoms with Crippen molar-refractivity contribution in [2.75, 3.05) is 23.3 Å². The molecule has 1 aliphatic rings. The van der Waals surface area contributed by atoms with Gasteiger partial charge in [-0.25, -0.2) is 4.79 Å². The van der Waals surface area contributed by atoms with E-state index in [-0.39, 0.29) is 12.1 Å². The Morgan fingerprint density at radius 1 is 1.21 bits per heavy atom. The molecular weight excluding hydrogens is 404 g/mol. The molecule has 2 heterocycles. The maximum Gasteiger partial charge on any atom is 0.331 e. The fraction of sp³-hybridized carbons (Fsp3) is 0.273. The minimum atomic E-state index is -0.192. The topological polar surface area (TPSA) is 48.5 Å². The number of hydrogen-bond acceptors (Lipinski definition) is 4. The molecular formula is C22H23ClN4OS. The molecule has 1 N–H and O–H groups in total. The monoisotopic (exact) mass is 426 g/mol. The molecule has 0 unspecified atom stereocenters. The van der Waals surface area contributed by atoms with Gasteiger partial charge in [0.2, 0.25) is 0 Å². The van der Waals surface area contributed by atoms with E-state index in [1.165, 1.54) is 4.31 Å². The number of aryl methyl sites for hydroxylation is 1. The van der Waals surface area contributed by atoms with Crippen LogP contribution < -0.4 is 10.2 Å². The lowest BCUT2D eigenvalue weighted by atomic mass is 10.0. The second-order valence-electron chi connectivity index (χ2n) is 7.30. The smallest absolute Gasteiger partial charge is 0.331 e. The number of hydrogen-bond donors (Lipinski definition) is 2. The van der Waals surface area contributed by atoms with Gasteiger partial charge in [-0.05, 0) is 55.7 Å². The highest BCUT2D eigenvalue weighted by Crippen LogP contribution is 2.31. The summed E-state index contributed by atoms with van der Waals surface area (Å²) in [5.74, 6) is 0. The van der Waals surface area contributed by atoms with E-state index < -0.39 is 0 Å². The summed E-state index contributed by atoms with van der Waals surface area (Å²) < 4.78 is 1.53. The van der Waals surface area contributed by atoms with Crippen LogP contribution in [0.5, 0.6) is 0 Å². The van der Waals surface area contributed by atoms with Crippen LogP contribution in [-0.2, 0) is 0 Å². The highest BCUT2D eigenvalue weighted by molar-refractivity contribution is 7.78. The van der Waals surface area contributed by atoms with Gasteiger partial charge in [-0.1, -0.05) is 42.6 Å². The number of nitrogens with one attached hydrogen (secondary N) is 1. The number of fused-ring (bicyclic) bond motifs is 1. The quantitative estimate of drug-likeness (QED) is 0.540. The Bertz CT molecular complexity index is 1040. The van der Waals surface area contributed by atoms with E-state index in [1.54, 1.807) is 0 Å². The molecule has 5 nitrogen and oxygen atoms in total. The van der Waals surface area contributed by atoms with Gasteiger partial charge in [-0.3, -0.25) is 9.29 Å². The molecule has 0 spiro atoms. The Balaban J connectivity index is 1.42. The third-order valence-electron chi connectivity index (χ3n) is 5.43. The standard InChI is InChI=1S/C22H23ClN4OS/c1-15-4-2-3-5-19(15)25-22(28)27(29)17-9-12-26(13-10-17)21-8-11-24-20-7-6-16(23)14-18(20)21/h2-8,11,14,17,29H,9-10,12-13H2,1H3,(H,25,28). The van der Waals surface area contributed by atoms with E-state index in [0.717, 1.165) is 53.8 Å². The molecule has 0 radical (unpaired) electrons. The molecule has 29 heavy (non-hydrogen) atoms. The van der Waals surface area contributed by atoms with Crippen LogP contribution in [0, 0.1) is 6.92 Å². The molecule has 4 rings (SSSR count). The SMILES string of the molecule is Cc1ccccc1NC(=O)N(S)C1CCN(c2ccnc3ccc(Cl)cc23)CC1. The molecule has 1 aliphatic heterocycles. The van der Waals surface area contributed by atoms with Crippen LogP contribution in [0.2, 0.25) is 5.02 Å². The number of thiol groups is 1. The molecule has 3 aromatic rings. The Hall–Kier alpha value is -2.44. The van der Waals surface area contributed by atoms with E-state index in [1.807, 2.05) is 61.7 Å². The van der Waals surface area contributed by atoms with E-state index in [9.17, 15) is 4.79 Å². The van der Waals surface area contributed by atoms with Crippen molar-refractivity contribution in [3.63, 3.8) is 0 Å². The van der Waals surface area contributed by atoms with E-state index >= 15 is 0 Å². The van der Waals surface area contributed by atoms with Crippen molar-refractivity contribution in [2.45, 2.75) is 25.8 Å². The number of para-hydroxylation sites is 1. The maximum atomic E-state index is 12.6. The highest BCUT2D eigenvalue weighted by Gasteiger charge is 2.27. The highest BCUT2D eigenvalue weighted by atomic mass is 35.5. The third-order valence-corrected chi connectivity index (χ3v) is 6.17. The average Bonchev–Trinajstić information content (AvgIpc) is 2.74. The summed E-state index contributed by atoms with van der Waals surface area (Å²) >= 11 is 10.7. The van der Waals surface area contributed by atoms with Gasteiger partial charge in [0.15, 0.2) is 0 Å². The number of pyridine rings is 1. The van der Waals surface area contributed by atoms with Gasteiger partial charge < -0.3 is 10.2 Å². The second kappa shape index (κ2) is 8.51. The zero-order valence-corrected chi connectivity index (χ0v) is 17.8. The summed E-state index contributed by atoms with van der Waals surface area (Å²) in [6.07, 6.45) is 3.52. The third kappa shape index (κ3) is 4.28. The number of rotatable bonds is 3. The van der Waals surface area contributed by atoms with Crippen molar-refractivity contribution in [1.82, 2.24) is 9.29 Å². The van der Waals surface area contributed by atoms with Crippen molar-refractivity contribution in [1.29, 1.82) is 0 Å². The molecule has 1 saturated heterocycles. The van der Waals surface area contributed by atoms with Gasteiger partial charge in [-0.15, -0.1) is 0 Å². The predicted molar refractivity (Wildman–Crippen MR) is 123 cm³/mol. The van der Waals surface area contributed by atoms with Crippen LogP contribution >= 0.6 is 24.4 Å². The number of benzene rings is 2. The van der Waals surface area contributed by atoms with Crippen LogP contribution in [0.25, 0.3) is 10.9 Å². The van der Waals surface area contributed by atoms with E-state index in [0.29, 0.717) is 5.02 Å². The van der Waals surface area contributed by atoms with Gasteiger partial charge in [0.1, 0.15) is 0 Å². The van der Waals surface area contributed by atoms with Crippen molar-refractivity contribution in [3.05, 3.63) is 65.3 Å². The Morgan fingerprint density at radius 2 is 1.97 bits per heavy atom. The van der Waals surface area contributed by atoms with Gasteiger partial charge in [0.25, 0.3) is 0 Å². The Labute approximate surface area is 181 Å². The van der Waals surface area contributed by atoms with Gasteiger partial charge in [0.05, 0.1) is 5.52 Å². The summed E-state index contributed by atoms with van der Waals surface area (Å²) in [5.41, 5.74) is 3.91. The first-order valence-electron chi connectivity index (χ1n) is 9.67. The van der Waals surface area contributed by atoms with Crippen molar-refractivity contribution in [3.8, 4) is 0 Å². The molecule has 1 fully saturated rings. The van der Waals surface area contributed by atoms with Crippen LogP contribution in [0.3, 0.4) is 0 Å². The molecule has 0 atom stereocenters. The molecule has 7 heteroatoms. The summed E-state index contributed by atoms with van der Waals surface area (Å²) in [5, 5.41) is 4.71. The first-order chi connectivity index (χ1) is 14.0. The molecule has 0 aliphatic carbocycles. The molecule has 0 saturated carbocycles. The lowest BCUT2D eigenvalue weighted by Crippen LogP contribution is -2.44. The van der Waals surface area contributed by atoms with Crippen LogP contribution in [0.15, 0.2) is 54.7 Å². The minimum absolute atomic E-state index is 0.0790. The Morgan fingerprint density at radius 3 is 2.72 bits per heavy atom.